The third kappa shape index (κ3) is 5.66. The summed E-state index contributed by atoms with van der Waals surface area (Å²) in [7, 11) is 0. The van der Waals surface area contributed by atoms with Gasteiger partial charge in [0.25, 0.3) is 0 Å². The molecule has 0 fully saturated rings. The zero-order valence-corrected chi connectivity index (χ0v) is 14.6. The van der Waals surface area contributed by atoms with Gasteiger partial charge in [0.1, 0.15) is 0 Å². The van der Waals surface area contributed by atoms with Gasteiger partial charge in [-0.3, -0.25) is 0 Å². The molecular weight excluding hydrogens is 298 g/mol. The molecule has 1 unspecified atom stereocenters. The fraction of sp³-hybridized carbons (Fsp3) is 0.647. The number of hydrogen-bond donors (Lipinski definition) is 1. The second kappa shape index (κ2) is 7.44. The Morgan fingerprint density at radius 1 is 1.26 bits per heavy atom. The summed E-state index contributed by atoms with van der Waals surface area (Å²) in [6.45, 7) is 12.5. The van der Waals surface area contributed by atoms with Crippen LogP contribution in [0, 0.1) is 12.3 Å². The highest BCUT2D eigenvalue weighted by Gasteiger charge is 2.18. The topological polar surface area (TPSA) is 12.0 Å². The summed E-state index contributed by atoms with van der Waals surface area (Å²) in [4.78, 5) is 0. The summed E-state index contributed by atoms with van der Waals surface area (Å²) in [6.07, 6.45) is 3.61. The normalized spacial score (nSPS) is 13.6. The molecule has 1 aromatic rings. The van der Waals surface area contributed by atoms with E-state index in [-0.39, 0.29) is 0 Å². The molecule has 0 radical (unpaired) electrons. The Morgan fingerprint density at radius 2 is 1.95 bits per heavy atom. The fourth-order valence-corrected chi connectivity index (χ4v) is 2.65. The van der Waals surface area contributed by atoms with Crippen molar-refractivity contribution in [2.75, 3.05) is 6.54 Å². The number of rotatable bonds is 6. The van der Waals surface area contributed by atoms with Gasteiger partial charge in [0, 0.05) is 10.5 Å². The smallest absolute Gasteiger partial charge is 0.0323 e. The average molecular weight is 326 g/mol. The molecule has 0 bridgehead atoms. The van der Waals surface area contributed by atoms with Gasteiger partial charge in [0.2, 0.25) is 0 Å². The van der Waals surface area contributed by atoms with E-state index >= 15 is 0 Å². The van der Waals surface area contributed by atoms with Crippen molar-refractivity contribution < 1.29 is 0 Å². The van der Waals surface area contributed by atoms with Gasteiger partial charge in [0.15, 0.2) is 0 Å². The predicted molar refractivity (Wildman–Crippen MR) is 88.6 cm³/mol. The second-order valence-electron chi connectivity index (χ2n) is 6.56. The molecule has 0 heterocycles. The van der Waals surface area contributed by atoms with Crippen LogP contribution in [-0.4, -0.2) is 6.54 Å². The van der Waals surface area contributed by atoms with Crippen molar-refractivity contribution in [1.82, 2.24) is 5.32 Å². The van der Waals surface area contributed by atoms with Crippen molar-refractivity contribution in [3.8, 4) is 0 Å². The Labute approximate surface area is 127 Å². The third-order valence-electron chi connectivity index (χ3n) is 3.51. The van der Waals surface area contributed by atoms with E-state index < -0.39 is 0 Å². The first-order valence-corrected chi connectivity index (χ1v) is 8.13. The van der Waals surface area contributed by atoms with E-state index in [0.29, 0.717) is 11.5 Å². The zero-order valence-electron chi connectivity index (χ0n) is 13.0. The van der Waals surface area contributed by atoms with E-state index in [9.17, 15) is 0 Å². The Bertz CT molecular complexity index is 393. The van der Waals surface area contributed by atoms with Crippen molar-refractivity contribution in [2.45, 2.75) is 59.9 Å². The molecule has 0 aliphatic carbocycles. The van der Waals surface area contributed by atoms with Crippen LogP contribution in [0.3, 0.4) is 0 Å². The quantitative estimate of drug-likeness (QED) is 0.715. The molecule has 1 N–H and O–H groups in total. The van der Waals surface area contributed by atoms with Crippen molar-refractivity contribution in [3.05, 3.63) is 33.8 Å². The molecule has 1 rings (SSSR count). The first-order valence-electron chi connectivity index (χ1n) is 7.33. The Kier molecular flexibility index (Phi) is 6.55. The fourth-order valence-electron chi connectivity index (χ4n) is 2.27. The molecule has 19 heavy (non-hydrogen) atoms. The summed E-state index contributed by atoms with van der Waals surface area (Å²) in [6, 6.07) is 7.00. The van der Waals surface area contributed by atoms with Crippen molar-refractivity contribution in [1.29, 1.82) is 0 Å². The van der Waals surface area contributed by atoms with Crippen LogP contribution >= 0.6 is 15.9 Å². The molecule has 0 aromatic heterocycles. The zero-order chi connectivity index (χ0) is 14.5. The Morgan fingerprint density at radius 3 is 2.53 bits per heavy atom. The molecule has 2 heteroatoms. The van der Waals surface area contributed by atoms with Crippen molar-refractivity contribution >= 4 is 15.9 Å². The molecule has 0 amide bonds. The van der Waals surface area contributed by atoms with Crippen molar-refractivity contribution in [2.24, 2.45) is 5.41 Å². The largest absolute Gasteiger partial charge is 0.310 e. The third-order valence-corrected chi connectivity index (χ3v) is 4.37. The lowest BCUT2D eigenvalue weighted by Crippen LogP contribution is -2.24. The molecule has 0 aliphatic heterocycles. The van der Waals surface area contributed by atoms with E-state index in [1.54, 1.807) is 0 Å². The average Bonchev–Trinajstić information content (AvgIpc) is 2.32. The highest BCUT2D eigenvalue weighted by molar-refractivity contribution is 9.10. The summed E-state index contributed by atoms with van der Waals surface area (Å²) in [5, 5.41) is 3.71. The number of nitrogens with one attached hydrogen (secondary N) is 1. The van der Waals surface area contributed by atoms with E-state index in [1.165, 1.54) is 34.9 Å². The van der Waals surface area contributed by atoms with Gasteiger partial charge >= 0.3 is 0 Å². The van der Waals surface area contributed by atoms with Crippen LogP contribution in [0.2, 0.25) is 0 Å². The van der Waals surface area contributed by atoms with Crippen LogP contribution in [-0.2, 0) is 0 Å². The molecule has 1 aromatic carbocycles. The second-order valence-corrected chi connectivity index (χ2v) is 7.41. The predicted octanol–water partition coefficient (Wildman–Crippen LogP) is 5.62. The van der Waals surface area contributed by atoms with Crippen LogP contribution in [0.15, 0.2) is 22.7 Å². The first-order chi connectivity index (χ1) is 8.85. The van der Waals surface area contributed by atoms with Crippen LogP contribution in [0.5, 0.6) is 0 Å². The van der Waals surface area contributed by atoms with E-state index in [1.807, 2.05) is 0 Å². The van der Waals surface area contributed by atoms with E-state index in [0.717, 1.165) is 6.54 Å². The number of halogens is 1. The van der Waals surface area contributed by atoms with Crippen LogP contribution in [0.25, 0.3) is 0 Å². The first kappa shape index (κ1) is 16.7. The summed E-state index contributed by atoms with van der Waals surface area (Å²) in [5.74, 6) is 0. The summed E-state index contributed by atoms with van der Waals surface area (Å²) < 4.78 is 1.21. The molecule has 108 valence electrons. The van der Waals surface area contributed by atoms with E-state index in [2.05, 4.69) is 74.1 Å². The lowest BCUT2D eigenvalue weighted by molar-refractivity contribution is 0.331. The summed E-state index contributed by atoms with van der Waals surface area (Å²) >= 11 is 3.65. The van der Waals surface area contributed by atoms with Gasteiger partial charge < -0.3 is 5.32 Å². The molecular formula is C17H28BrN. The molecule has 1 atom stereocenters. The number of hydrogen-bond acceptors (Lipinski definition) is 1. The standard InChI is InChI=1S/C17H28BrN/c1-6-12-19-16(10-11-17(3,4)5)14-8-7-9-15(18)13(14)2/h7-9,16,19H,6,10-12H2,1-5H3. The van der Waals surface area contributed by atoms with Crippen LogP contribution in [0.1, 0.15) is 64.1 Å². The lowest BCUT2D eigenvalue weighted by Gasteiger charge is -2.26. The number of benzene rings is 1. The van der Waals surface area contributed by atoms with Gasteiger partial charge in [-0.1, -0.05) is 55.8 Å². The van der Waals surface area contributed by atoms with Gasteiger partial charge in [-0.25, -0.2) is 0 Å². The van der Waals surface area contributed by atoms with Crippen LogP contribution < -0.4 is 5.32 Å². The SMILES string of the molecule is CCCNC(CCC(C)(C)C)c1cccc(Br)c1C. The Balaban J connectivity index is 2.86. The lowest BCUT2D eigenvalue weighted by atomic mass is 9.86. The van der Waals surface area contributed by atoms with Gasteiger partial charge in [-0.15, -0.1) is 0 Å². The highest BCUT2D eigenvalue weighted by atomic mass is 79.9. The van der Waals surface area contributed by atoms with Crippen LogP contribution in [0.4, 0.5) is 0 Å². The maximum absolute atomic E-state index is 3.71. The van der Waals surface area contributed by atoms with Gasteiger partial charge in [-0.05, 0) is 55.3 Å². The molecule has 0 saturated heterocycles. The summed E-state index contributed by atoms with van der Waals surface area (Å²) in [5.41, 5.74) is 3.20. The monoisotopic (exact) mass is 325 g/mol. The van der Waals surface area contributed by atoms with Gasteiger partial charge in [-0.2, -0.15) is 0 Å². The minimum atomic E-state index is 0.395. The van der Waals surface area contributed by atoms with Crippen molar-refractivity contribution in [3.63, 3.8) is 0 Å². The minimum absolute atomic E-state index is 0.395. The highest BCUT2D eigenvalue weighted by Crippen LogP contribution is 2.31. The molecule has 0 saturated carbocycles. The Hall–Kier alpha value is -0.340. The molecule has 0 aliphatic rings. The maximum atomic E-state index is 3.71. The van der Waals surface area contributed by atoms with Gasteiger partial charge in [0.05, 0.1) is 0 Å². The van der Waals surface area contributed by atoms with E-state index in [4.69, 9.17) is 0 Å². The molecule has 0 spiro atoms. The maximum Gasteiger partial charge on any atom is 0.0323 e. The molecule has 1 nitrogen and oxygen atoms in total. The minimum Gasteiger partial charge on any atom is -0.310 e.